The summed E-state index contributed by atoms with van der Waals surface area (Å²) in [5.74, 6) is -0.291. The molecule has 0 fully saturated rings. The highest BCUT2D eigenvalue weighted by atomic mass is 16.2. The van der Waals surface area contributed by atoms with Crippen LogP contribution in [0.1, 0.15) is 15.9 Å². The second-order valence-electron chi connectivity index (χ2n) is 6.24. The molecule has 0 aliphatic rings. The summed E-state index contributed by atoms with van der Waals surface area (Å²) in [7, 11) is 3.30. The van der Waals surface area contributed by atoms with E-state index in [1.54, 1.807) is 49.2 Å². The molecule has 3 aromatic rings. The van der Waals surface area contributed by atoms with Crippen LogP contribution in [0.4, 0.5) is 16.2 Å². The van der Waals surface area contributed by atoms with Crippen LogP contribution < -0.4 is 10.6 Å². The minimum absolute atomic E-state index is 0.271. The van der Waals surface area contributed by atoms with E-state index in [-0.39, 0.29) is 11.9 Å². The predicted octanol–water partition coefficient (Wildman–Crippen LogP) is 3.28. The Bertz CT molecular complexity index is 934. The summed E-state index contributed by atoms with van der Waals surface area (Å²) in [6.07, 6.45) is 3.22. The van der Waals surface area contributed by atoms with Gasteiger partial charge in [-0.2, -0.15) is 5.10 Å². The number of hydrogen-bond acceptors (Lipinski definition) is 3. The van der Waals surface area contributed by atoms with Gasteiger partial charge in [-0.05, 0) is 17.7 Å². The molecule has 7 heteroatoms. The van der Waals surface area contributed by atoms with Gasteiger partial charge >= 0.3 is 6.03 Å². The second kappa shape index (κ2) is 8.18. The lowest BCUT2D eigenvalue weighted by Crippen LogP contribution is -2.28. The molecule has 0 unspecified atom stereocenters. The summed E-state index contributed by atoms with van der Waals surface area (Å²) in [4.78, 5) is 25.9. The molecule has 138 valence electrons. The van der Waals surface area contributed by atoms with Gasteiger partial charge in [0.15, 0.2) is 0 Å². The van der Waals surface area contributed by atoms with Crippen LogP contribution in [0.2, 0.25) is 0 Å². The molecular formula is C20H21N5O2. The number of carbonyl (C=O) groups is 2. The Morgan fingerprint density at radius 2 is 1.59 bits per heavy atom. The molecule has 1 heterocycles. The van der Waals surface area contributed by atoms with Crippen LogP contribution in [-0.2, 0) is 6.54 Å². The highest BCUT2D eigenvalue weighted by Gasteiger charge is 2.13. The average molecular weight is 363 g/mol. The van der Waals surface area contributed by atoms with Crippen molar-refractivity contribution in [1.82, 2.24) is 14.7 Å². The zero-order valence-corrected chi connectivity index (χ0v) is 15.2. The Hall–Kier alpha value is -3.61. The van der Waals surface area contributed by atoms with E-state index in [1.165, 1.54) is 11.1 Å². The van der Waals surface area contributed by atoms with E-state index in [4.69, 9.17) is 0 Å². The molecule has 3 rings (SSSR count). The van der Waals surface area contributed by atoms with Crippen molar-refractivity contribution in [2.75, 3.05) is 24.7 Å². The second-order valence-corrected chi connectivity index (χ2v) is 6.24. The molecular weight excluding hydrogens is 342 g/mol. The van der Waals surface area contributed by atoms with E-state index in [0.717, 1.165) is 5.56 Å². The summed E-state index contributed by atoms with van der Waals surface area (Å²) in [5, 5.41) is 9.83. The zero-order valence-electron chi connectivity index (χ0n) is 15.2. The van der Waals surface area contributed by atoms with Crippen molar-refractivity contribution >= 4 is 23.3 Å². The molecule has 0 bridgehead atoms. The Balaban J connectivity index is 1.70. The summed E-state index contributed by atoms with van der Waals surface area (Å²) in [6, 6.07) is 16.7. The van der Waals surface area contributed by atoms with E-state index in [2.05, 4.69) is 15.7 Å². The highest BCUT2D eigenvalue weighted by Crippen LogP contribution is 2.22. The van der Waals surface area contributed by atoms with Crippen LogP contribution in [0.15, 0.2) is 67.0 Å². The van der Waals surface area contributed by atoms with Crippen molar-refractivity contribution in [1.29, 1.82) is 0 Å². The van der Waals surface area contributed by atoms with Crippen molar-refractivity contribution in [3.05, 3.63) is 78.1 Å². The number of urea groups is 1. The first-order chi connectivity index (χ1) is 13.0. The van der Waals surface area contributed by atoms with Crippen molar-refractivity contribution < 1.29 is 9.59 Å². The third-order valence-electron chi connectivity index (χ3n) is 3.91. The van der Waals surface area contributed by atoms with Crippen LogP contribution in [0.3, 0.4) is 0 Å². The van der Waals surface area contributed by atoms with Gasteiger partial charge in [0.2, 0.25) is 0 Å². The van der Waals surface area contributed by atoms with Crippen molar-refractivity contribution in [2.45, 2.75) is 6.54 Å². The molecule has 0 aliphatic heterocycles. The van der Waals surface area contributed by atoms with E-state index in [9.17, 15) is 9.59 Å². The van der Waals surface area contributed by atoms with Gasteiger partial charge in [0.1, 0.15) is 0 Å². The molecule has 0 radical (unpaired) electrons. The summed E-state index contributed by atoms with van der Waals surface area (Å²) in [6.45, 7) is 0.587. The van der Waals surface area contributed by atoms with Crippen LogP contribution in [0.5, 0.6) is 0 Å². The molecule has 0 saturated heterocycles. The number of carbonyl (C=O) groups excluding carboxylic acids is 2. The number of rotatable bonds is 5. The number of nitrogens with zero attached hydrogens (tertiary/aromatic N) is 3. The standard InChI is InChI=1S/C20H21N5O2/c1-24(2)20(27)23-18-11-7-6-10-17(18)22-19(26)16-12-21-25(14-16)13-15-8-4-3-5-9-15/h3-12,14H,13H2,1-2H3,(H,22,26)(H,23,27). The van der Waals surface area contributed by atoms with E-state index < -0.39 is 0 Å². The topological polar surface area (TPSA) is 79.3 Å². The normalized spacial score (nSPS) is 10.3. The molecule has 2 aromatic carbocycles. The summed E-state index contributed by atoms with van der Waals surface area (Å²) < 4.78 is 1.71. The van der Waals surface area contributed by atoms with Gasteiger partial charge in [-0.15, -0.1) is 0 Å². The minimum atomic E-state index is -0.291. The lowest BCUT2D eigenvalue weighted by Gasteiger charge is -2.15. The Kier molecular flexibility index (Phi) is 5.51. The fraction of sp³-hybridized carbons (Fsp3) is 0.150. The van der Waals surface area contributed by atoms with E-state index in [1.807, 2.05) is 30.3 Å². The number of aromatic nitrogens is 2. The maximum Gasteiger partial charge on any atom is 0.321 e. The first-order valence-electron chi connectivity index (χ1n) is 8.48. The van der Waals surface area contributed by atoms with Crippen molar-refractivity contribution in [2.24, 2.45) is 0 Å². The van der Waals surface area contributed by atoms with Gasteiger partial charge in [-0.3, -0.25) is 9.48 Å². The first kappa shape index (κ1) is 18.2. The Morgan fingerprint density at radius 1 is 0.963 bits per heavy atom. The Morgan fingerprint density at radius 3 is 2.26 bits per heavy atom. The minimum Gasteiger partial charge on any atom is -0.331 e. The predicted molar refractivity (Wildman–Crippen MR) is 105 cm³/mol. The van der Waals surface area contributed by atoms with Crippen molar-refractivity contribution in [3.63, 3.8) is 0 Å². The van der Waals surface area contributed by atoms with Crippen LogP contribution in [0, 0.1) is 0 Å². The third kappa shape index (κ3) is 4.72. The largest absolute Gasteiger partial charge is 0.331 e. The fourth-order valence-electron chi connectivity index (χ4n) is 2.46. The number of nitrogens with one attached hydrogen (secondary N) is 2. The molecule has 0 spiro atoms. The van der Waals surface area contributed by atoms with Gasteiger partial charge in [-0.25, -0.2) is 4.79 Å². The number of para-hydroxylation sites is 2. The summed E-state index contributed by atoms with van der Waals surface area (Å²) in [5.41, 5.74) is 2.60. The van der Waals surface area contributed by atoms with Gasteiger partial charge in [0.05, 0.1) is 29.7 Å². The molecule has 0 atom stereocenters. The first-order valence-corrected chi connectivity index (χ1v) is 8.48. The molecule has 3 amide bonds. The summed E-state index contributed by atoms with van der Waals surface area (Å²) >= 11 is 0. The zero-order chi connectivity index (χ0) is 19.2. The smallest absolute Gasteiger partial charge is 0.321 e. The lowest BCUT2D eigenvalue weighted by atomic mass is 10.2. The molecule has 2 N–H and O–H groups in total. The molecule has 7 nitrogen and oxygen atoms in total. The third-order valence-corrected chi connectivity index (χ3v) is 3.91. The monoisotopic (exact) mass is 363 g/mol. The van der Waals surface area contributed by atoms with E-state index >= 15 is 0 Å². The van der Waals surface area contributed by atoms with Crippen LogP contribution in [0.25, 0.3) is 0 Å². The van der Waals surface area contributed by atoms with Crippen LogP contribution in [-0.4, -0.2) is 40.7 Å². The SMILES string of the molecule is CN(C)C(=O)Nc1ccccc1NC(=O)c1cnn(Cc2ccccc2)c1. The van der Waals surface area contributed by atoms with Crippen LogP contribution >= 0.6 is 0 Å². The van der Waals surface area contributed by atoms with Gasteiger partial charge in [0, 0.05) is 20.3 Å². The maximum atomic E-state index is 12.6. The number of hydrogen-bond donors (Lipinski definition) is 2. The van der Waals surface area contributed by atoms with Crippen molar-refractivity contribution in [3.8, 4) is 0 Å². The number of amides is 3. The fourth-order valence-corrected chi connectivity index (χ4v) is 2.46. The quantitative estimate of drug-likeness (QED) is 0.730. The van der Waals surface area contributed by atoms with Gasteiger partial charge in [-0.1, -0.05) is 42.5 Å². The maximum absolute atomic E-state index is 12.6. The highest BCUT2D eigenvalue weighted by molar-refractivity contribution is 6.06. The average Bonchev–Trinajstić information content (AvgIpc) is 3.12. The lowest BCUT2D eigenvalue weighted by molar-refractivity contribution is 0.102. The molecule has 27 heavy (non-hydrogen) atoms. The Labute approximate surface area is 157 Å². The number of benzene rings is 2. The van der Waals surface area contributed by atoms with Gasteiger partial charge in [0.25, 0.3) is 5.91 Å². The van der Waals surface area contributed by atoms with E-state index in [0.29, 0.717) is 23.5 Å². The molecule has 1 aromatic heterocycles. The number of anilines is 2. The van der Waals surface area contributed by atoms with Gasteiger partial charge < -0.3 is 15.5 Å². The molecule has 0 aliphatic carbocycles. The molecule has 0 saturated carbocycles.